The van der Waals surface area contributed by atoms with Crippen molar-refractivity contribution < 1.29 is 4.74 Å². The molecule has 88 valence electrons. The molecule has 5 nitrogen and oxygen atoms in total. The molecule has 5 heteroatoms. The maximum absolute atomic E-state index is 11.1. The van der Waals surface area contributed by atoms with Crippen molar-refractivity contribution >= 4 is 5.82 Å². The zero-order valence-electron chi connectivity index (χ0n) is 9.65. The van der Waals surface area contributed by atoms with Gasteiger partial charge in [-0.25, -0.2) is 4.79 Å². The second-order valence-corrected chi connectivity index (χ2v) is 3.66. The number of H-pyrrole nitrogens is 1. The van der Waals surface area contributed by atoms with Gasteiger partial charge in [0, 0.05) is 11.3 Å². The van der Waals surface area contributed by atoms with Crippen molar-refractivity contribution in [1.82, 2.24) is 9.97 Å². The molecule has 2 aromatic rings. The van der Waals surface area contributed by atoms with Crippen molar-refractivity contribution in [3.05, 3.63) is 40.4 Å². The Morgan fingerprint density at radius 3 is 2.47 bits per heavy atom. The maximum Gasteiger partial charge on any atom is 0.347 e. The van der Waals surface area contributed by atoms with Crippen molar-refractivity contribution in [2.24, 2.45) is 0 Å². The highest BCUT2D eigenvalue weighted by Gasteiger charge is 2.09. The third kappa shape index (κ3) is 2.13. The van der Waals surface area contributed by atoms with E-state index < -0.39 is 5.69 Å². The number of hydrogen-bond acceptors (Lipinski definition) is 4. The van der Waals surface area contributed by atoms with Crippen molar-refractivity contribution in [3.63, 3.8) is 0 Å². The fourth-order valence-electron chi connectivity index (χ4n) is 1.73. The fraction of sp³-hybridized carbons (Fsp3) is 0.167. The monoisotopic (exact) mass is 231 g/mol. The lowest BCUT2D eigenvalue weighted by Crippen LogP contribution is -2.15. The molecule has 1 heterocycles. The third-order valence-electron chi connectivity index (χ3n) is 2.53. The molecule has 0 aliphatic rings. The smallest absolute Gasteiger partial charge is 0.347 e. The van der Waals surface area contributed by atoms with Gasteiger partial charge in [-0.2, -0.15) is 4.98 Å². The Kier molecular flexibility index (Phi) is 2.82. The third-order valence-corrected chi connectivity index (χ3v) is 2.53. The first kappa shape index (κ1) is 11.2. The Labute approximate surface area is 98.3 Å². The minimum absolute atomic E-state index is 0.233. The van der Waals surface area contributed by atoms with Gasteiger partial charge in [0.2, 0.25) is 0 Å². The molecule has 0 radical (unpaired) electrons. The lowest BCUT2D eigenvalue weighted by atomic mass is 10.1. The normalized spacial score (nSPS) is 10.2. The molecule has 0 aliphatic heterocycles. The lowest BCUT2D eigenvalue weighted by Gasteiger charge is -2.08. The van der Waals surface area contributed by atoms with Gasteiger partial charge in [0.25, 0.3) is 0 Å². The summed E-state index contributed by atoms with van der Waals surface area (Å²) in [6.07, 6.45) is 0. The van der Waals surface area contributed by atoms with E-state index in [2.05, 4.69) is 9.97 Å². The van der Waals surface area contributed by atoms with Crippen LogP contribution in [-0.4, -0.2) is 17.1 Å². The number of nitrogens with two attached hydrogens (primary N) is 1. The molecule has 0 saturated carbocycles. The maximum atomic E-state index is 11.1. The zero-order chi connectivity index (χ0) is 12.4. The average Bonchev–Trinajstić information content (AvgIpc) is 2.28. The standard InChI is InChI=1S/C12H13N3O2/c1-7-10(11(13)15-12(16)14-7)8-3-5-9(17-2)6-4-8/h3-6H,1-2H3,(H3,13,14,15,16). The molecule has 0 fully saturated rings. The van der Waals surface area contributed by atoms with Gasteiger partial charge in [0.15, 0.2) is 0 Å². The number of ether oxygens (including phenoxy) is 1. The molecule has 0 amide bonds. The summed E-state index contributed by atoms with van der Waals surface area (Å²) in [6, 6.07) is 7.41. The number of benzene rings is 1. The fourth-order valence-corrected chi connectivity index (χ4v) is 1.73. The van der Waals surface area contributed by atoms with Crippen LogP contribution in [0.4, 0.5) is 5.82 Å². The summed E-state index contributed by atoms with van der Waals surface area (Å²) in [5.41, 5.74) is 7.67. The Hall–Kier alpha value is -2.30. The summed E-state index contributed by atoms with van der Waals surface area (Å²) in [5.74, 6) is 0.999. The topological polar surface area (TPSA) is 81.0 Å². The Balaban J connectivity index is 2.56. The lowest BCUT2D eigenvalue weighted by molar-refractivity contribution is 0.415. The zero-order valence-corrected chi connectivity index (χ0v) is 9.65. The van der Waals surface area contributed by atoms with Crippen LogP contribution in [0.2, 0.25) is 0 Å². The van der Waals surface area contributed by atoms with Gasteiger partial charge in [-0.15, -0.1) is 0 Å². The van der Waals surface area contributed by atoms with E-state index in [4.69, 9.17) is 10.5 Å². The van der Waals surface area contributed by atoms with Gasteiger partial charge in [0.05, 0.1) is 7.11 Å². The number of nitrogen functional groups attached to an aromatic ring is 1. The van der Waals surface area contributed by atoms with Crippen LogP contribution >= 0.6 is 0 Å². The molecular weight excluding hydrogens is 218 g/mol. The number of anilines is 1. The molecule has 17 heavy (non-hydrogen) atoms. The molecule has 0 spiro atoms. The molecule has 0 unspecified atom stereocenters. The molecular formula is C12H13N3O2. The van der Waals surface area contributed by atoms with Crippen molar-refractivity contribution in [2.45, 2.75) is 6.92 Å². The quantitative estimate of drug-likeness (QED) is 0.817. The number of nitrogens with zero attached hydrogens (tertiary/aromatic N) is 1. The molecule has 0 bridgehead atoms. The molecule has 0 saturated heterocycles. The highest BCUT2D eigenvalue weighted by molar-refractivity contribution is 5.75. The number of aromatic nitrogens is 2. The van der Waals surface area contributed by atoms with Crippen LogP contribution < -0.4 is 16.2 Å². The Bertz CT molecular complexity index is 561. The first-order chi connectivity index (χ1) is 8.11. The molecule has 1 aromatic carbocycles. The van der Waals surface area contributed by atoms with Gasteiger partial charge in [-0.3, -0.25) is 0 Å². The van der Waals surface area contributed by atoms with E-state index in [1.807, 2.05) is 24.3 Å². The molecule has 1 aromatic heterocycles. The predicted octanol–water partition coefficient (Wildman–Crippen LogP) is 1.34. The first-order valence-electron chi connectivity index (χ1n) is 5.12. The van der Waals surface area contributed by atoms with E-state index >= 15 is 0 Å². The number of aromatic amines is 1. The van der Waals surface area contributed by atoms with Crippen LogP contribution in [0, 0.1) is 6.92 Å². The van der Waals surface area contributed by atoms with Gasteiger partial charge in [-0.1, -0.05) is 12.1 Å². The summed E-state index contributed by atoms with van der Waals surface area (Å²) >= 11 is 0. The van der Waals surface area contributed by atoms with E-state index in [-0.39, 0.29) is 5.82 Å². The average molecular weight is 231 g/mol. The Morgan fingerprint density at radius 2 is 1.94 bits per heavy atom. The van der Waals surface area contributed by atoms with E-state index in [0.717, 1.165) is 16.9 Å². The minimum Gasteiger partial charge on any atom is -0.497 e. The number of aryl methyl sites for hydroxylation is 1. The number of rotatable bonds is 2. The van der Waals surface area contributed by atoms with Crippen LogP contribution in [0.15, 0.2) is 29.1 Å². The van der Waals surface area contributed by atoms with Gasteiger partial charge < -0.3 is 15.5 Å². The summed E-state index contributed by atoms with van der Waals surface area (Å²) in [5, 5.41) is 0. The molecule has 3 N–H and O–H groups in total. The highest BCUT2D eigenvalue weighted by Crippen LogP contribution is 2.27. The highest BCUT2D eigenvalue weighted by atomic mass is 16.5. The Morgan fingerprint density at radius 1 is 1.29 bits per heavy atom. The first-order valence-corrected chi connectivity index (χ1v) is 5.12. The molecule has 0 aliphatic carbocycles. The second kappa shape index (κ2) is 4.29. The number of methoxy groups -OCH3 is 1. The van der Waals surface area contributed by atoms with E-state index in [9.17, 15) is 4.79 Å². The number of nitrogens with one attached hydrogen (secondary N) is 1. The molecule has 0 atom stereocenters. The summed E-state index contributed by atoms with van der Waals surface area (Å²) in [4.78, 5) is 17.4. The van der Waals surface area contributed by atoms with E-state index in [1.165, 1.54) is 0 Å². The van der Waals surface area contributed by atoms with E-state index in [1.54, 1.807) is 14.0 Å². The van der Waals surface area contributed by atoms with Crippen LogP contribution in [0.5, 0.6) is 5.75 Å². The van der Waals surface area contributed by atoms with Gasteiger partial charge >= 0.3 is 5.69 Å². The van der Waals surface area contributed by atoms with Crippen LogP contribution in [-0.2, 0) is 0 Å². The van der Waals surface area contributed by atoms with Crippen LogP contribution in [0.3, 0.4) is 0 Å². The van der Waals surface area contributed by atoms with Crippen LogP contribution in [0.25, 0.3) is 11.1 Å². The van der Waals surface area contributed by atoms with Crippen molar-refractivity contribution in [1.29, 1.82) is 0 Å². The van der Waals surface area contributed by atoms with Crippen LogP contribution in [0.1, 0.15) is 5.69 Å². The largest absolute Gasteiger partial charge is 0.497 e. The second-order valence-electron chi connectivity index (χ2n) is 3.66. The summed E-state index contributed by atoms with van der Waals surface area (Å²) in [6.45, 7) is 1.79. The van der Waals surface area contributed by atoms with Crippen molar-refractivity contribution in [2.75, 3.05) is 12.8 Å². The SMILES string of the molecule is COc1ccc(-c2c(N)nc(=O)[nH]c2C)cc1. The number of hydrogen-bond donors (Lipinski definition) is 2. The summed E-state index contributed by atoms with van der Waals surface area (Å²) < 4.78 is 5.08. The molecule has 2 rings (SSSR count). The van der Waals surface area contributed by atoms with Gasteiger partial charge in [0.1, 0.15) is 11.6 Å². The van der Waals surface area contributed by atoms with E-state index in [0.29, 0.717) is 5.69 Å². The summed E-state index contributed by atoms with van der Waals surface area (Å²) in [7, 11) is 1.61. The van der Waals surface area contributed by atoms with Crippen molar-refractivity contribution in [3.8, 4) is 16.9 Å². The van der Waals surface area contributed by atoms with Gasteiger partial charge in [-0.05, 0) is 24.6 Å². The predicted molar refractivity (Wildman–Crippen MR) is 66.0 cm³/mol. The minimum atomic E-state index is -0.433.